The monoisotopic (exact) mass is 230 g/mol. The van der Waals surface area contributed by atoms with Gasteiger partial charge in [-0.1, -0.05) is 17.3 Å². The van der Waals surface area contributed by atoms with Crippen molar-refractivity contribution in [3.8, 4) is 0 Å². The number of nitrogens with zero attached hydrogens (tertiary/aromatic N) is 3. The minimum atomic E-state index is 0.758. The number of nitrogen functional groups attached to an aromatic ring is 1. The molecule has 2 N–H and O–H groups in total. The SMILES string of the molecule is Nc1cccc2c1CN(CCc1ncon1)C2. The van der Waals surface area contributed by atoms with Crippen LogP contribution >= 0.6 is 0 Å². The van der Waals surface area contributed by atoms with E-state index in [1.807, 2.05) is 12.1 Å². The molecule has 0 amide bonds. The molecular formula is C12H14N4O. The van der Waals surface area contributed by atoms with Crippen molar-refractivity contribution >= 4 is 5.69 Å². The molecule has 1 aromatic carbocycles. The van der Waals surface area contributed by atoms with Gasteiger partial charge in [-0.3, -0.25) is 4.90 Å². The lowest BCUT2D eigenvalue weighted by molar-refractivity contribution is 0.284. The average Bonchev–Trinajstić information content (AvgIpc) is 2.95. The zero-order valence-corrected chi connectivity index (χ0v) is 9.47. The number of hydrogen-bond donors (Lipinski definition) is 1. The van der Waals surface area contributed by atoms with Gasteiger partial charge in [-0.15, -0.1) is 0 Å². The molecule has 0 bridgehead atoms. The van der Waals surface area contributed by atoms with Gasteiger partial charge in [0.2, 0.25) is 6.39 Å². The van der Waals surface area contributed by atoms with Gasteiger partial charge in [0, 0.05) is 31.7 Å². The van der Waals surface area contributed by atoms with Gasteiger partial charge in [0.15, 0.2) is 5.82 Å². The predicted molar refractivity (Wildman–Crippen MR) is 63.0 cm³/mol. The second kappa shape index (κ2) is 4.18. The van der Waals surface area contributed by atoms with E-state index < -0.39 is 0 Å². The zero-order valence-electron chi connectivity index (χ0n) is 9.47. The molecule has 3 rings (SSSR count). The molecule has 5 heteroatoms. The maximum atomic E-state index is 5.96. The van der Waals surface area contributed by atoms with E-state index in [0.717, 1.165) is 37.6 Å². The van der Waals surface area contributed by atoms with Crippen LogP contribution in [0.2, 0.25) is 0 Å². The number of nitrogens with two attached hydrogens (primary N) is 1. The van der Waals surface area contributed by atoms with Gasteiger partial charge in [-0.05, 0) is 17.2 Å². The van der Waals surface area contributed by atoms with E-state index in [-0.39, 0.29) is 0 Å². The summed E-state index contributed by atoms with van der Waals surface area (Å²) in [5, 5.41) is 3.81. The van der Waals surface area contributed by atoms with Gasteiger partial charge in [-0.25, -0.2) is 0 Å². The Hall–Kier alpha value is -1.88. The van der Waals surface area contributed by atoms with Crippen molar-refractivity contribution in [3.63, 3.8) is 0 Å². The predicted octanol–water partition coefficient (Wildman–Crippen LogP) is 1.21. The number of benzene rings is 1. The Bertz CT molecular complexity index is 509. The molecule has 0 radical (unpaired) electrons. The van der Waals surface area contributed by atoms with Crippen LogP contribution in [0.4, 0.5) is 5.69 Å². The normalized spacial score (nSPS) is 15.1. The van der Waals surface area contributed by atoms with Crippen molar-refractivity contribution in [2.75, 3.05) is 12.3 Å². The fraction of sp³-hybridized carbons (Fsp3) is 0.333. The fourth-order valence-electron chi connectivity index (χ4n) is 2.23. The lowest BCUT2D eigenvalue weighted by atomic mass is 10.1. The van der Waals surface area contributed by atoms with Gasteiger partial charge >= 0.3 is 0 Å². The van der Waals surface area contributed by atoms with E-state index in [2.05, 4.69) is 21.1 Å². The van der Waals surface area contributed by atoms with Crippen molar-refractivity contribution in [1.82, 2.24) is 15.0 Å². The highest BCUT2D eigenvalue weighted by Crippen LogP contribution is 2.27. The molecule has 1 aliphatic heterocycles. The average molecular weight is 230 g/mol. The van der Waals surface area contributed by atoms with E-state index in [1.165, 1.54) is 17.5 Å². The van der Waals surface area contributed by atoms with Crippen molar-refractivity contribution < 1.29 is 4.52 Å². The van der Waals surface area contributed by atoms with E-state index in [0.29, 0.717) is 0 Å². The van der Waals surface area contributed by atoms with E-state index in [4.69, 9.17) is 10.3 Å². The summed E-state index contributed by atoms with van der Waals surface area (Å²) in [5.74, 6) is 0.758. The molecule has 1 aliphatic rings. The molecule has 1 aromatic heterocycles. The first-order chi connectivity index (χ1) is 8.33. The minimum Gasteiger partial charge on any atom is -0.398 e. The van der Waals surface area contributed by atoms with E-state index in [9.17, 15) is 0 Å². The summed E-state index contributed by atoms with van der Waals surface area (Å²) in [4.78, 5) is 6.36. The van der Waals surface area contributed by atoms with Crippen molar-refractivity contribution in [1.29, 1.82) is 0 Å². The lowest BCUT2D eigenvalue weighted by Crippen LogP contribution is -2.20. The van der Waals surface area contributed by atoms with Crippen LogP contribution in [0.15, 0.2) is 29.1 Å². The second-order valence-electron chi connectivity index (χ2n) is 4.29. The lowest BCUT2D eigenvalue weighted by Gasteiger charge is -2.12. The summed E-state index contributed by atoms with van der Waals surface area (Å²) >= 11 is 0. The van der Waals surface area contributed by atoms with Crippen LogP contribution in [-0.2, 0) is 19.5 Å². The Kier molecular flexibility index (Phi) is 2.53. The number of fused-ring (bicyclic) bond motifs is 1. The van der Waals surface area contributed by atoms with Crippen molar-refractivity contribution in [3.05, 3.63) is 41.5 Å². The largest absolute Gasteiger partial charge is 0.398 e. The first-order valence-corrected chi connectivity index (χ1v) is 5.67. The molecule has 0 spiro atoms. The van der Waals surface area contributed by atoms with E-state index >= 15 is 0 Å². The van der Waals surface area contributed by atoms with Crippen LogP contribution in [0.25, 0.3) is 0 Å². The summed E-state index contributed by atoms with van der Waals surface area (Å²) in [6.45, 7) is 2.80. The molecular weight excluding hydrogens is 216 g/mol. The molecule has 2 heterocycles. The molecule has 88 valence electrons. The Labute approximate surface area is 99.2 Å². The molecule has 0 saturated heterocycles. The Balaban J connectivity index is 1.64. The topological polar surface area (TPSA) is 68.2 Å². The third-order valence-corrected chi connectivity index (χ3v) is 3.14. The number of rotatable bonds is 3. The quantitative estimate of drug-likeness (QED) is 0.803. The zero-order chi connectivity index (χ0) is 11.7. The fourth-order valence-corrected chi connectivity index (χ4v) is 2.23. The molecule has 0 aliphatic carbocycles. The molecule has 0 fully saturated rings. The van der Waals surface area contributed by atoms with Crippen LogP contribution in [0.1, 0.15) is 17.0 Å². The van der Waals surface area contributed by atoms with Crippen LogP contribution in [0, 0.1) is 0 Å². The standard InChI is InChI=1S/C12H14N4O/c13-11-3-1-2-9-6-16(7-10(9)11)5-4-12-14-8-17-15-12/h1-3,8H,4-7,13H2. The van der Waals surface area contributed by atoms with Gasteiger partial charge in [0.05, 0.1) is 0 Å². The molecule has 0 atom stereocenters. The van der Waals surface area contributed by atoms with Crippen LogP contribution in [-0.4, -0.2) is 21.6 Å². The summed E-state index contributed by atoms with van der Waals surface area (Å²) in [5.41, 5.74) is 9.45. The van der Waals surface area contributed by atoms with Gasteiger partial charge < -0.3 is 10.3 Å². The molecule has 0 saturated carbocycles. The third kappa shape index (κ3) is 2.01. The van der Waals surface area contributed by atoms with E-state index in [1.54, 1.807) is 0 Å². The summed E-state index contributed by atoms with van der Waals surface area (Å²) < 4.78 is 4.71. The van der Waals surface area contributed by atoms with Gasteiger partial charge in [0.25, 0.3) is 0 Å². The van der Waals surface area contributed by atoms with Crippen LogP contribution in [0.5, 0.6) is 0 Å². The maximum absolute atomic E-state index is 5.96. The number of hydrogen-bond acceptors (Lipinski definition) is 5. The van der Waals surface area contributed by atoms with Gasteiger partial charge in [0.1, 0.15) is 0 Å². The van der Waals surface area contributed by atoms with Gasteiger partial charge in [-0.2, -0.15) is 4.98 Å². The second-order valence-corrected chi connectivity index (χ2v) is 4.29. The molecule has 2 aromatic rings. The van der Waals surface area contributed by atoms with Crippen molar-refractivity contribution in [2.45, 2.75) is 19.5 Å². The smallest absolute Gasteiger partial charge is 0.213 e. The van der Waals surface area contributed by atoms with Crippen LogP contribution < -0.4 is 5.73 Å². The highest BCUT2D eigenvalue weighted by Gasteiger charge is 2.20. The molecule has 17 heavy (non-hydrogen) atoms. The highest BCUT2D eigenvalue weighted by molar-refractivity contribution is 5.52. The van der Waals surface area contributed by atoms with Crippen molar-refractivity contribution in [2.24, 2.45) is 0 Å². The minimum absolute atomic E-state index is 0.758. The number of aromatic nitrogens is 2. The maximum Gasteiger partial charge on any atom is 0.213 e. The van der Waals surface area contributed by atoms with Crippen LogP contribution in [0.3, 0.4) is 0 Å². The highest BCUT2D eigenvalue weighted by atomic mass is 16.5. The first-order valence-electron chi connectivity index (χ1n) is 5.67. The summed E-state index contributed by atoms with van der Waals surface area (Å²) in [6, 6.07) is 6.11. The Morgan fingerprint density at radius 2 is 2.29 bits per heavy atom. The number of anilines is 1. The molecule has 5 nitrogen and oxygen atoms in total. The third-order valence-electron chi connectivity index (χ3n) is 3.14. The summed E-state index contributed by atoms with van der Waals surface area (Å²) in [6.07, 6.45) is 2.18. The first kappa shape index (κ1) is 10.3. The Morgan fingerprint density at radius 1 is 1.35 bits per heavy atom. The summed E-state index contributed by atoms with van der Waals surface area (Å²) in [7, 11) is 0. The Morgan fingerprint density at radius 3 is 3.06 bits per heavy atom. The molecule has 0 unspecified atom stereocenters.